The maximum absolute atomic E-state index is 12.6. The minimum absolute atomic E-state index is 0.184. The predicted octanol–water partition coefficient (Wildman–Crippen LogP) is 4.90. The van der Waals surface area contributed by atoms with Crippen molar-refractivity contribution in [2.24, 2.45) is 5.92 Å². The number of nitrogens with zero attached hydrogens (tertiary/aromatic N) is 2. The van der Waals surface area contributed by atoms with E-state index in [-0.39, 0.29) is 10.9 Å². The summed E-state index contributed by atoms with van der Waals surface area (Å²) in [5.74, 6) is 1.26. The number of nitrogens with one attached hydrogen (secondary N) is 1. The summed E-state index contributed by atoms with van der Waals surface area (Å²) in [6, 6.07) is 22.5. The molecule has 0 aliphatic heterocycles. The number of aromatic nitrogens is 2. The smallest absolute Gasteiger partial charge is 0.326 e. The molecule has 4 aromatic rings. The number of rotatable bonds is 8. The van der Waals surface area contributed by atoms with Crippen LogP contribution in [0.4, 0.5) is 4.79 Å². The number of ether oxygens (including phenoxy) is 1. The van der Waals surface area contributed by atoms with E-state index in [1.54, 1.807) is 30.5 Å². The van der Waals surface area contributed by atoms with Crippen LogP contribution in [0.15, 0.2) is 90.2 Å². The Morgan fingerprint density at radius 3 is 2.32 bits per heavy atom. The Balaban J connectivity index is 1.10. The van der Waals surface area contributed by atoms with Gasteiger partial charge in [-0.2, -0.15) is 0 Å². The molecule has 0 bridgehead atoms. The molecule has 0 saturated carbocycles. The van der Waals surface area contributed by atoms with Gasteiger partial charge in [0.25, 0.3) is 0 Å². The summed E-state index contributed by atoms with van der Waals surface area (Å²) in [6.45, 7) is 0.957. The number of imidazole rings is 1. The summed E-state index contributed by atoms with van der Waals surface area (Å²) < 4.78 is 30.5. The van der Waals surface area contributed by atoms with Gasteiger partial charge in [0, 0.05) is 24.6 Å². The number of amides is 1. The van der Waals surface area contributed by atoms with Gasteiger partial charge in [-0.25, -0.2) is 18.2 Å². The van der Waals surface area contributed by atoms with Crippen LogP contribution in [0.5, 0.6) is 5.75 Å². The van der Waals surface area contributed by atoms with Crippen LogP contribution in [0.3, 0.4) is 0 Å². The molecular weight excluding hydrogens is 486 g/mol. The highest BCUT2D eigenvalue weighted by Gasteiger charge is 2.20. The summed E-state index contributed by atoms with van der Waals surface area (Å²) in [5, 5.41) is 3.00. The molecule has 0 radical (unpaired) electrons. The Labute approximate surface area is 217 Å². The topological polar surface area (TPSA) is 90.3 Å². The van der Waals surface area contributed by atoms with Gasteiger partial charge in [-0.3, -0.25) is 4.57 Å². The van der Waals surface area contributed by atoms with Crippen molar-refractivity contribution in [1.82, 2.24) is 14.9 Å². The van der Waals surface area contributed by atoms with Gasteiger partial charge in [0.2, 0.25) is 0 Å². The summed E-state index contributed by atoms with van der Waals surface area (Å²) in [7, 11) is -3.21. The molecular formula is C29H29N3O4S. The number of sulfone groups is 1. The molecule has 190 valence electrons. The first-order valence-electron chi connectivity index (χ1n) is 12.3. The maximum Gasteiger partial charge on any atom is 0.326 e. The zero-order valence-corrected chi connectivity index (χ0v) is 21.4. The Morgan fingerprint density at radius 1 is 1.00 bits per heavy atom. The van der Waals surface area contributed by atoms with E-state index in [4.69, 9.17) is 4.74 Å². The van der Waals surface area contributed by atoms with Crippen LogP contribution in [0.25, 0.3) is 11.3 Å². The summed E-state index contributed by atoms with van der Waals surface area (Å²) in [4.78, 5) is 17.3. The molecule has 5 rings (SSSR count). The molecule has 1 heterocycles. The zero-order valence-electron chi connectivity index (χ0n) is 20.6. The van der Waals surface area contributed by atoms with E-state index < -0.39 is 9.84 Å². The van der Waals surface area contributed by atoms with E-state index in [1.807, 2.05) is 24.3 Å². The van der Waals surface area contributed by atoms with Crippen molar-refractivity contribution < 1.29 is 17.9 Å². The fourth-order valence-electron chi connectivity index (χ4n) is 4.63. The second kappa shape index (κ2) is 10.6. The first kappa shape index (κ1) is 24.8. The molecule has 1 N–H and O–H groups in total. The van der Waals surface area contributed by atoms with E-state index >= 15 is 0 Å². The van der Waals surface area contributed by atoms with Crippen LogP contribution in [-0.4, -0.2) is 36.8 Å². The average molecular weight is 516 g/mol. The summed E-state index contributed by atoms with van der Waals surface area (Å²) >= 11 is 0. The van der Waals surface area contributed by atoms with Crippen molar-refractivity contribution in [2.75, 3.05) is 12.8 Å². The van der Waals surface area contributed by atoms with Crippen LogP contribution in [0, 0.1) is 5.92 Å². The minimum Gasteiger partial charge on any atom is -0.489 e. The molecule has 37 heavy (non-hydrogen) atoms. The number of carbonyl (C=O) groups excluding carboxylic acids is 1. The van der Waals surface area contributed by atoms with E-state index in [9.17, 15) is 13.2 Å². The van der Waals surface area contributed by atoms with E-state index in [0.29, 0.717) is 30.5 Å². The monoisotopic (exact) mass is 515 g/mol. The standard InChI is InChI=1S/C29H29N3O4S/c1-37(34,35)27-12-6-21(7-13-27)19-36-26-10-8-23(9-11-26)28-18-32(20-31-28)29(33)30-15-14-22-16-24-4-2-3-5-25(24)17-22/h2-13,18,20,22H,14-17,19H2,1H3,(H,30,33). The number of hydrogen-bond donors (Lipinski definition) is 1. The highest BCUT2D eigenvalue weighted by Crippen LogP contribution is 2.28. The van der Waals surface area contributed by atoms with Gasteiger partial charge in [-0.05, 0) is 78.3 Å². The molecule has 3 aromatic carbocycles. The van der Waals surface area contributed by atoms with E-state index in [1.165, 1.54) is 28.3 Å². The fourth-order valence-corrected chi connectivity index (χ4v) is 5.26. The third-order valence-electron chi connectivity index (χ3n) is 6.69. The first-order valence-corrected chi connectivity index (χ1v) is 14.2. The Hall–Kier alpha value is -3.91. The van der Waals surface area contributed by atoms with Crippen molar-refractivity contribution in [3.8, 4) is 17.0 Å². The quantitative estimate of drug-likeness (QED) is 0.361. The zero-order chi connectivity index (χ0) is 25.8. The molecule has 7 nitrogen and oxygen atoms in total. The number of fused-ring (bicyclic) bond motifs is 1. The molecule has 0 fully saturated rings. The molecule has 1 aromatic heterocycles. The fraction of sp³-hybridized carbons (Fsp3) is 0.241. The van der Waals surface area contributed by atoms with Gasteiger partial charge >= 0.3 is 6.03 Å². The molecule has 0 unspecified atom stereocenters. The van der Waals surface area contributed by atoms with Gasteiger partial charge in [0.05, 0.1) is 10.6 Å². The van der Waals surface area contributed by atoms with Crippen molar-refractivity contribution in [3.63, 3.8) is 0 Å². The largest absolute Gasteiger partial charge is 0.489 e. The SMILES string of the molecule is CS(=O)(=O)c1ccc(COc2ccc(-c3cn(C(=O)NCCC4Cc5ccccc5C4)cn3)cc2)cc1. The Bertz CT molecular complexity index is 1470. The number of carbonyl (C=O) groups is 1. The second-order valence-corrected chi connectivity index (χ2v) is 11.5. The third kappa shape index (κ3) is 6.09. The van der Waals surface area contributed by atoms with Crippen molar-refractivity contribution in [1.29, 1.82) is 0 Å². The molecule has 1 aliphatic rings. The normalized spacial score (nSPS) is 13.3. The molecule has 1 amide bonds. The lowest BCUT2D eigenvalue weighted by molar-refractivity contribution is 0.241. The summed E-state index contributed by atoms with van der Waals surface area (Å²) in [5.41, 5.74) is 5.30. The predicted molar refractivity (Wildman–Crippen MR) is 142 cm³/mol. The highest BCUT2D eigenvalue weighted by atomic mass is 32.2. The number of hydrogen-bond acceptors (Lipinski definition) is 5. The average Bonchev–Trinajstić information content (AvgIpc) is 3.55. The van der Waals surface area contributed by atoms with Crippen LogP contribution >= 0.6 is 0 Å². The highest BCUT2D eigenvalue weighted by molar-refractivity contribution is 7.90. The lowest BCUT2D eigenvalue weighted by Crippen LogP contribution is -2.29. The van der Waals surface area contributed by atoms with Gasteiger partial charge in [0.1, 0.15) is 18.7 Å². The molecule has 1 aliphatic carbocycles. The maximum atomic E-state index is 12.6. The third-order valence-corrected chi connectivity index (χ3v) is 7.82. The van der Waals surface area contributed by atoms with Crippen LogP contribution in [0.1, 0.15) is 23.1 Å². The Kier molecular flexibility index (Phi) is 7.10. The minimum atomic E-state index is -3.21. The second-order valence-electron chi connectivity index (χ2n) is 9.46. The molecule has 0 saturated heterocycles. The molecule has 0 atom stereocenters. The lowest BCUT2D eigenvalue weighted by atomic mass is 10.0. The first-order chi connectivity index (χ1) is 17.8. The molecule has 8 heteroatoms. The van der Waals surface area contributed by atoms with Gasteiger partial charge < -0.3 is 10.1 Å². The van der Waals surface area contributed by atoms with E-state index in [2.05, 4.69) is 34.6 Å². The Morgan fingerprint density at radius 2 is 1.68 bits per heavy atom. The number of benzene rings is 3. The van der Waals surface area contributed by atoms with Crippen LogP contribution in [0.2, 0.25) is 0 Å². The lowest BCUT2D eigenvalue weighted by Gasteiger charge is -2.10. The van der Waals surface area contributed by atoms with Gasteiger partial charge in [0.15, 0.2) is 9.84 Å². The molecule has 0 spiro atoms. The van der Waals surface area contributed by atoms with Crippen LogP contribution in [-0.2, 0) is 29.3 Å². The summed E-state index contributed by atoms with van der Waals surface area (Å²) in [6.07, 6.45) is 7.55. The van der Waals surface area contributed by atoms with Crippen molar-refractivity contribution in [2.45, 2.75) is 30.8 Å². The van der Waals surface area contributed by atoms with E-state index in [0.717, 1.165) is 30.4 Å². The van der Waals surface area contributed by atoms with Crippen molar-refractivity contribution in [3.05, 3.63) is 102 Å². The van der Waals surface area contributed by atoms with Gasteiger partial charge in [-0.15, -0.1) is 0 Å². The van der Waals surface area contributed by atoms with Crippen LogP contribution < -0.4 is 10.1 Å². The van der Waals surface area contributed by atoms with Crippen molar-refractivity contribution >= 4 is 15.9 Å². The van der Waals surface area contributed by atoms with Gasteiger partial charge in [-0.1, -0.05) is 36.4 Å².